The molecule has 1 atom stereocenters. The quantitative estimate of drug-likeness (QED) is 0.519. The van der Waals surface area contributed by atoms with Gasteiger partial charge in [0.2, 0.25) is 10.9 Å². The number of hydrogen-bond donors (Lipinski definition) is 1. The fraction of sp³-hybridized carbons (Fsp3) is 1.00. The average molecular weight is 165 g/mol. The molecule has 5 heteroatoms. The maximum Gasteiger partial charge on any atom is 0.204 e. The zero-order valence-corrected chi connectivity index (χ0v) is 6.71. The van der Waals surface area contributed by atoms with Crippen molar-refractivity contribution in [2.75, 3.05) is 19.8 Å². The van der Waals surface area contributed by atoms with Crippen molar-refractivity contribution in [2.24, 2.45) is 0 Å². The summed E-state index contributed by atoms with van der Waals surface area (Å²) in [6, 6.07) is 0.00913. The van der Waals surface area contributed by atoms with Gasteiger partial charge in [-0.05, 0) is 6.92 Å². The molecule has 0 saturated carbocycles. The lowest BCUT2D eigenvalue weighted by Gasteiger charge is -2.27. The SMILES string of the molecule is CC1COCCN1[SH](=O)=O. The van der Waals surface area contributed by atoms with Crippen molar-refractivity contribution < 1.29 is 13.2 Å². The molecular weight excluding hydrogens is 154 g/mol. The molecule has 0 aromatic heterocycles. The molecule has 1 aliphatic rings. The Morgan fingerprint density at radius 3 is 2.70 bits per heavy atom. The summed E-state index contributed by atoms with van der Waals surface area (Å²) in [5.74, 6) is 0. The Morgan fingerprint density at radius 1 is 1.60 bits per heavy atom. The molecule has 1 fully saturated rings. The second kappa shape index (κ2) is 3.32. The van der Waals surface area contributed by atoms with E-state index in [0.29, 0.717) is 19.8 Å². The van der Waals surface area contributed by atoms with Crippen molar-refractivity contribution in [3.63, 3.8) is 0 Å². The Kier molecular flexibility index (Phi) is 2.64. The van der Waals surface area contributed by atoms with E-state index in [4.69, 9.17) is 4.74 Å². The Morgan fingerprint density at radius 2 is 2.30 bits per heavy atom. The van der Waals surface area contributed by atoms with Gasteiger partial charge in [-0.25, -0.2) is 8.42 Å². The summed E-state index contributed by atoms with van der Waals surface area (Å²) in [5, 5.41) is 0. The number of ether oxygens (including phenoxy) is 1. The van der Waals surface area contributed by atoms with Crippen LogP contribution in [0.15, 0.2) is 0 Å². The van der Waals surface area contributed by atoms with Crippen LogP contribution in [0.25, 0.3) is 0 Å². The minimum absolute atomic E-state index is 0.00913. The molecule has 0 N–H and O–H groups in total. The molecule has 1 rings (SSSR count). The fourth-order valence-corrected chi connectivity index (χ4v) is 1.59. The van der Waals surface area contributed by atoms with Gasteiger partial charge in [-0.15, -0.1) is 0 Å². The van der Waals surface area contributed by atoms with E-state index in [1.165, 1.54) is 4.31 Å². The van der Waals surface area contributed by atoms with Crippen LogP contribution in [0.5, 0.6) is 0 Å². The van der Waals surface area contributed by atoms with E-state index in [0.717, 1.165) is 0 Å². The molecule has 0 amide bonds. The number of morpholine rings is 1. The third kappa shape index (κ3) is 1.68. The van der Waals surface area contributed by atoms with E-state index < -0.39 is 10.9 Å². The topological polar surface area (TPSA) is 46.6 Å². The minimum Gasteiger partial charge on any atom is -0.378 e. The lowest BCUT2D eigenvalue weighted by Crippen LogP contribution is -2.42. The van der Waals surface area contributed by atoms with Gasteiger partial charge < -0.3 is 4.74 Å². The first-order valence-electron chi connectivity index (χ1n) is 3.20. The molecule has 1 aliphatic heterocycles. The summed E-state index contributed by atoms with van der Waals surface area (Å²) in [4.78, 5) is 0. The van der Waals surface area contributed by atoms with Gasteiger partial charge in [0, 0.05) is 12.6 Å². The van der Waals surface area contributed by atoms with Gasteiger partial charge in [0.05, 0.1) is 13.2 Å². The maximum atomic E-state index is 10.5. The van der Waals surface area contributed by atoms with E-state index in [2.05, 4.69) is 0 Å². The van der Waals surface area contributed by atoms with Crippen molar-refractivity contribution >= 4 is 10.9 Å². The molecule has 0 aromatic carbocycles. The van der Waals surface area contributed by atoms with Crippen LogP contribution in [0, 0.1) is 0 Å². The Hall–Kier alpha value is -0.130. The van der Waals surface area contributed by atoms with E-state index in [9.17, 15) is 8.42 Å². The van der Waals surface area contributed by atoms with E-state index >= 15 is 0 Å². The maximum absolute atomic E-state index is 10.5. The first kappa shape index (κ1) is 7.97. The second-order valence-electron chi connectivity index (χ2n) is 2.32. The molecule has 0 aromatic rings. The number of hydrogen-bond acceptors (Lipinski definition) is 3. The summed E-state index contributed by atoms with van der Waals surface area (Å²) >= 11 is 0. The summed E-state index contributed by atoms with van der Waals surface area (Å²) in [7, 11) is -2.40. The van der Waals surface area contributed by atoms with Gasteiger partial charge in [0.15, 0.2) is 0 Å². The highest BCUT2D eigenvalue weighted by atomic mass is 32.2. The molecule has 0 aliphatic carbocycles. The lowest BCUT2D eigenvalue weighted by atomic mass is 10.3. The third-order valence-corrected chi connectivity index (χ3v) is 2.56. The smallest absolute Gasteiger partial charge is 0.204 e. The third-order valence-electron chi connectivity index (χ3n) is 1.54. The molecule has 0 bridgehead atoms. The zero-order valence-electron chi connectivity index (χ0n) is 5.82. The van der Waals surface area contributed by atoms with Crippen LogP contribution >= 0.6 is 0 Å². The molecule has 60 valence electrons. The monoisotopic (exact) mass is 165 g/mol. The van der Waals surface area contributed by atoms with Gasteiger partial charge in [-0.3, -0.25) is 0 Å². The fourth-order valence-electron chi connectivity index (χ4n) is 0.961. The molecule has 4 nitrogen and oxygen atoms in total. The van der Waals surface area contributed by atoms with Crippen LogP contribution in [0.1, 0.15) is 6.92 Å². The van der Waals surface area contributed by atoms with Crippen molar-refractivity contribution in [2.45, 2.75) is 13.0 Å². The van der Waals surface area contributed by atoms with Crippen LogP contribution in [-0.2, 0) is 15.6 Å². The highest BCUT2D eigenvalue weighted by molar-refractivity contribution is 7.69. The Labute approximate surface area is 61.9 Å². The van der Waals surface area contributed by atoms with Crippen molar-refractivity contribution in [3.8, 4) is 0 Å². The predicted molar refractivity (Wildman–Crippen MR) is 37.3 cm³/mol. The molecule has 1 saturated heterocycles. The van der Waals surface area contributed by atoms with Crippen LogP contribution in [0.3, 0.4) is 0 Å². The highest BCUT2D eigenvalue weighted by Crippen LogP contribution is 2.04. The molecule has 10 heavy (non-hydrogen) atoms. The molecule has 0 radical (unpaired) electrons. The molecule has 0 spiro atoms. The summed E-state index contributed by atoms with van der Waals surface area (Å²) in [6.07, 6.45) is 0. The normalized spacial score (nSPS) is 29.2. The number of rotatable bonds is 1. The van der Waals surface area contributed by atoms with Gasteiger partial charge in [-0.1, -0.05) is 0 Å². The van der Waals surface area contributed by atoms with Crippen LogP contribution < -0.4 is 0 Å². The first-order chi connectivity index (χ1) is 4.72. The van der Waals surface area contributed by atoms with Gasteiger partial charge in [0.1, 0.15) is 0 Å². The van der Waals surface area contributed by atoms with Gasteiger partial charge >= 0.3 is 0 Å². The van der Waals surface area contributed by atoms with E-state index in [1.807, 2.05) is 6.92 Å². The number of thiol groups is 1. The van der Waals surface area contributed by atoms with Crippen LogP contribution in [0.4, 0.5) is 0 Å². The largest absolute Gasteiger partial charge is 0.378 e. The van der Waals surface area contributed by atoms with E-state index in [-0.39, 0.29) is 6.04 Å². The predicted octanol–water partition coefficient (Wildman–Crippen LogP) is -0.766. The van der Waals surface area contributed by atoms with E-state index in [1.54, 1.807) is 0 Å². The van der Waals surface area contributed by atoms with Crippen molar-refractivity contribution in [1.82, 2.24) is 4.31 Å². The standard InChI is InChI=1S/C5H11NO3S/c1-5-4-9-3-2-6(5)10(7)8/h5,10H,2-4H2,1H3. The van der Waals surface area contributed by atoms with Gasteiger partial charge in [-0.2, -0.15) is 4.31 Å². The molecule has 1 unspecified atom stereocenters. The Bertz CT molecular complexity index is 172. The van der Waals surface area contributed by atoms with Gasteiger partial charge in [0.25, 0.3) is 0 Å². The van der Waals surface area contributed by atoms with Crippen LogP contribution in [-0.4, -0.2) is 38.5 Å². The highest BCUT2D eigenvalue weighted by Gasteiger charge is 2.19. The second-order valence-corrected chi connectivity index (χ2v) is 3.31. The summed E-state index contributed by atoms with van der Waals surface area (Å²) < 4.78 is 27.4. The van der Waals surface area contributed by atoms with Crippen molar-refractivity contribution in [1.29, 1.82) is 0 Å². The summed E-state index contributed by atoms with van der Waals surface area (Å²) in [5.41, 5.74) is 0. The van der Waals surface area contributed by atoms with Crippen molar-refractivity contribution in [3.05, 3.63) is 0 Å². The van der Waals surface area contributed by atoms with Crippen LogP contribution in [0.2, 0.25) is 0 Å². The average Bonchev–Trinajstić information content (AvgIpc) is 1.88. The number of nitrogens with zero attached hydrogens (tertiary/aromatic N) is 1. The zero-order chi connectivity index (χ0) is 7.56. The molecular formula is C5H11NO3S. The summed E-state index contributed by atoms with van der Waals surface area (Å²) in [6.45, 7) is 3.38. The lowest BCUT2D eigenvalue weighted by molar-refractivity contribution is 0.0409. The minimum atomic E-state index is -2.40. The Balaban J connectivity index is 2.56. The molecule has 1 heterocycles. The first-order valence-corrected chi connectivity index (χ1v) is 4.33.